The first kappa shape index (κ1) is 21.8. The molecule has 0 aromatic heterocycles. The third-order valence-corrected chi connectivity index (χ3v) is 4.68. The molecule has 3 rings (SSSR count). The highest BCUT2D eigenvalue weighted by Crippen LogP contribution is 2.31. The van der Waals surface area contributed by atoms with Crippen molar-refractivity contribution < 1.29 is 34.1 Å². The molecule has 1 saturated carbocycles. The molecule has 2 N–H and O–H groups in total. The quantitative estimate of drug-likeness (QED) is 0.622. The zero-order valence-corrected chi connectivity index (χ0v) is 16.7. The Morgan fingerprint density at radius 2 is 1.19 bits per heavy atom. The number of ether oxygens (including phenoxy) is 2. The normalized spacial score (nSPS) is 16.3. The maximum atomic E-state index is 13.1. The Balaban J connectivity index is 1.86. The summed E-state index contributed by atoms with van der Waals surface area (Å²) in [7, 11) is 0. The number of carbonyl (C=O) groups excluding carboxylic acids is 1. The number of aliphatic carboxylic acids is 2. The summed E-state index contributed by atoms with van der Waals surface area (Å²) in [4.78, 5) is 34.7. The minimum absolute atomic E-state index is 0.104. The number of hydrogen-bond acceptors (Lipinski definition) is 5. The van der Waals surface area contributed by atoms with Crippen LogP contribution in [0.5, 0.6) is 11.5 Å². The second-order valence-electron chi connectivity index (χ2n) is 6.96. The molecule has 2 aromatic rings. The number of hydrogen-bond donors (Lipinski definition) is 2. The predicted octanol–water partition coefficient (Wildman–Crippen LogP) is 3.83. The number of allylic oxidation sites excluding steroid dienone is 2. The van der Waals surface area contributed by atoms with E-state index < -0.39 is 25.2 Å². The molecule has 2 aromatic carbocycles. The second kappa shape index (κ2) is 10.2. The Morgan fingerprint density at radius 3 is 1.61 bits per heavy atom. The van der Waals surface area contributed by atoms with E-state index in [-0.39, 0.29) is 5.78 Å². The number of Topliss-reactive ketones (excluding diaryl/α,β-unsaturated/α-hetero) is 1. The Bertz CT molecular complexity index is 968. The summed E-state index contributed by atoms with van der Waals surface area (Å²) in [5.74, 6) is -1.47. The number of ketones is 1. The van der Waals surface area contributed by atoms with Gasteiger partial charge in [0, 0.05) is 22.3 Å². The van der Waals surface area contributed by atoms with E-state index in [1.54, 1.807) is 60.7 Å². The van der Waals surface area contributed by atoms with Gasteiger partial charge in [0.05, 0.1) is 0 Å². The average Bonchev–Trinajstić information content (AvgIpc) is 2.75. The molecule has 0 spiro atoms. The lowest BCUT2D eigenvalue weighted by Gasteiger charge is -2.18. The molecule has 7 heteroatoms. The standard InChI is InChI=1S/C24H22O7/c25-22(26)14-30-20-10-3-1-6-16(20)12-18-8-5-9-19(24(18)29)13-17-7-2-4-11-21(17)31-15-23(27)28/h1-4,6-7,10-13H,5,8-9,14-15H2,(H,25,26)(H,27,28). The van der Waals surface area contributed by atoms with Crippen LogP contribution in [0.15, 0.2) is 59.7 Å². The van der Waals surface area contributed by atoms with Crippen LogP contribution in [-0.2, 0) is 14.4 Å². The molecule has 0 heterocycles. The molecule has 1 aliphatic carbocycles. The van der Waals surface area contributed by atoms with Crippen molar-refractivity contribution in [3.05, 3.63) is 70.8 Å². The summed E-state index contributed by atoms with van der Waals surface area (Å²) >= 11 is 0. The summed E-state index contributed by atoms with van der Waals surface area (Å²) < 4.78 is 10.7. The molecule has 0 bridgehead atoms. The number of benzene rings is 2. The maximum Gasteiger partial charge on any atom is 0.341 e. The van der Waals surface area contributed by atoms with Crippen molar-refractivity contribution in [2.75, 3.05) is 13.2 Å². The largest absolute Gasteiger partial charge is 0.481 e. The molecule has 1 fully saturated rings. The predicted molar refractivity (Wildman–Crippen MR) is 114 cm³/mol. The fourth-order valence-electron chi connectivity index (χ4n) is 3.29. The van der Waals surface area contributed by atoms with Crippen molar-refractivity contribution >= 4 is 29.9 Å². The van der Waals surface area contributed by atoms with Crippen LogP contribution in [0.25, 0.3) is 12.2 Å². The molecule has 0 atom stereocenters. The summed E-state index contributed by atoms with van der Waals surface area (Å²) in [6.07, 6.45) is 5.44. The third-order valence-electron chi connectivity index (χ3n) is 4.68. The third kappa shape index (κ3) is 6.05. The van der Waals surface area contributed by atoms with E-state index in [1.165, 1.54) is 0 Å². The first-order valence-electron chi connectivity index (χ1n) is 9.77. The second-order valence-corrected chi connectivity index (χ2v) is 6.96. The molecule has 160 valence electrons. The highest BCUT2D eigenvalue weighted by atomic mass is 16.5. The lowest BCUT2D eigenvalue weighted by molar-refractivity contribution is -0.140. The number of rotatable bonds is 8. The lowest BCUT2D eigenvalue weighted by atomic mass is 9.86. The van der Waals surface area contributed by atoms with Gasteiger partial charge in [-0.25, -0.2) is 9.59 Å². The van der Waals surface area contributed by atoms with Crippen molar-refractivity contribution in [1.82, 2.24) is 0 Å². The molecule has 0 radical (unpaired) electrons. The van der Waals surface area contributed by atoms with Gasteiger partial charge >= 0.3 is 11.9 Å². The number of carboxylic acids is 2. The minimum atomic E-state index is -1.08. The summed E-state index contributed by atoms with van der Waals surface area (Å²) in [6.45, 7) is -0.932. The van der Waals surface area contributed by atoms with Crippen LogP contribution in [0.2, 0.25) is 0 Å². The Hall–Kier alpha value is -3.87. The minimum Gasteiger partial charge on any atom is -0.481 e. The van der Waals surface area contributed by atoms with Crippen molar-refractivity contribution in [3.8, 4) is 11.5 Å². The highest BCUT2D eigenvalue weighted by molar-refractivity contribution is 6.14. The van der Waals surface area contributed by atoms with Gasteiger partial charge in [-0.3, -0.25) is 4.79 Å². The van der Waals surface area contributed by atoms with Gasteiger partial charge in [0.2, 0.25) is 0 Å². The van der Waals surface area contributed by atoms with Crippen LogP contribution in [0.1, 0.15) is 30.4 Å². The van der Waals surface area contributed by atoms with Gasteiger partial charge in [-0.05, 0) is 43.5 Å². The lowest BCUT2D eigenvalue weighted by Crippen LogP contribution is -2.13. The number of carbonyl (C=O) groups is 3. The molecule has 7 nitrogen and oxygen atoms in total. The van der Waals surface area contributed by atoms with Crippen molar-refractivity contribution in [2.24, 2.45) is 0 Å². The van der Waals surface area contributed by atoms with Crippen LogP contribution >= 0.6 is 0 Å². The number of carboxylic acid groups (broad SMARTS) is 2. The molecule has 31 heavy (non-hydrogen) atoms. The van der Waals surface area contributed by atoms with Gasteiger partial charge in [-0.1, -0.05) is 36.4 Å². The van der Waals surface area contributed by atoms with Gasteiger partial charge in [0.25, 0.3) is 0 Å². The molecule has 0 saturated heterocycles. The van der Waals surface area contributed by atoms with E-state index in [0.717, 1.165) is 6.42 Å². The molecular formula is C24H22O7. The van der Waals surface area contributed by atoms with E-state index >= 15 is 0 Å². The van der Waals surface area contributed by atoms with Crippen LogP contribution in [-0.4, -0.2) is 41.1 Å². The smallest absolute Gasteiger partial charge is 0.341 e. The van der Waals surface area contributed by atoms with Crippen LogP contribution < -0.4 is 9.47 Å². The fraction of sp³-hybridized carbons (Fsp3) is 0.208. The van der Waals surface area contributed by atoms with Gasteiger partial charge in [-0.2, -0.15) is 0 Å². The fourth-order valence-corrected chi connectivity index (χ4v) is 3.29. The van der Waals surface area contributed by atoms with Crippen molar-refractivity contribution in [3.63, 3.8) is 0 Å². The topological polar surface area (TPSA) is 110 Å². The van der Waals surface area contributed by atoms with E-state index in [0.29, 0.717) is 46.6 Å². The van der Waals surface area contributed by atoms with Gasteiger partial charge in [0.1, 0.15) is 11.5 Å². The van der Waals surface area contributed by atoms with Gasteiger partial charge in [0.15, 0.2) is 19.0 Å². The summed E-state index contributed by atoms with van der Waals surface area (Å²) in [5, 5.41) is 17.7. The van der Waals surface area contributed by atoms with Crippen molar-refractivity contribution in [1.29, 1.82) is 0 Å². The monoisotopic (exact) mass is 422 g/mol. The van der Waals surface area contributed by atoms with Crippen molar-refractivity contribution in [2.45, 2.75) is 19.3 Å². The first-order valence-corrected chi connectivity index (χ1v) is 9.77. The first-order chi connectivity index (χ1) is 14.9. The van der Waals surface area contributed by atoms with E-state index in [2.05, 4.69) is 0 Å². The van der Waals surface area contributed by atoms with E-state index in [1.807, 2.05) is 0 Å². The zero-order valence-electron chi connectivity index (χ0n) is 16.7. The molecule has 1 aliphatic rings. The van der Waals surface area contributed by atoms with E-state index in [4.69, 9.17) is 19.7 Å². The molecular weight excluding hydrogens is 400 g/mol. The molecule has 0 unspecified atom stereocenters. The Labute approximate surface area is 179 Å². The molecule has 0 aliphatic heterocycles. The van der Waals surface area contributed by atoms with Crippen LogP contribution in [0, 0.1) is 0 Å². The SMILES string of the molecule is O=C(O)COc1ccccc1C=C1CCCC(=Cc2ccccc2OCC(=O)O)C1=O. The van der Waals surface area contributed by atoms with Crippen LogP contribution in [0.4, 0.5) is 0 Å². The average molecular weight is 422 g/mol. The summed E-state index contributed by atoms with van der Waals surface area (Å²) in [5.41, 5.74) is 2.48. The van der Waals surface area contributed by atoms with Gasteiger partial charge < -0.3 is 19.7 Å². The number of para-hydroxylation sites is 2. The highest BCUT2D eigenvalue weighted by Gasteiger charge is 2.21. The summed E-state index contributed by atoms with van der Waals surface area (Å²) in [6, 6.07) is 13.9. The van der Waals surface area contributed by atoms with Crippen LogP contribution in [0.3, 0.4) is 0 Å². The zero-order chi connectivity index (χ0) is 22.2. The Kier molecular flexibility index (Phi) is 7.22. The molecule has 0 amide bonds. The maximum absolute atomic E-state index is 13.1. The van der Waals surface area contributed by atoms with Gasteiger partial charge in [-0.15, -0.1) is 0 Å². The van der Waals surface area contributed by atoms with E-state index in [9.17, 15) is 14.4 Å². The Morgan fingerprint density at radius 1 is 0.774 bits per heavy atom.